The SMILES string of the molecule is CCn1cc(-c2cc(Cn3ccsc3=N)cc(C(=O)N[C@H](c3ccc(Cl)c(F)c3)C3CC3)c2)c(C(F)(F)F)n1. The number of rotatable bonds is 8. The Morgan fingerprint density at radius 2 is 2.03 bits per heavy atom. The van der Waals surface area contributed by atoms with E-state index < -0.39 is 29.6 Å². The van der Waals surface area contributed by atoms with Crippen molar-refractivity contribution >= 4 is 28.8 Å². The molecule has 6 nitrogen and oxygen atoms in total. The van der Waals surface area contributed by atoms with E-state index in [1.165, 1.54) is 40.4 Å². The van der Waals surface area contributed by atoms with Crippen LogP contribution in [0.5, 0.6) is 0 Å². The van der Waals surface area contributed by atoms with E-state index in [9.17, 15) is 22.4 Å². The second-order valence-corrected chi connectivity index (χ2v) is 10.8. The summed E-state index contributed by atoms with van der Waals surface area (Å²) in [4.78, 5) is 13.8. The Kier molecular flexibility index (Phi) is 7.39. The number of nitrogens with zero attached hydrogens (tertiary/aromatic N) is 3. The van der Waals surface area contributed by atoms with Crippen LogP contribution in [0.25, 0.3) is 11.1 Å². The average molecular weight is 578 g/mol. The lowest BCUT2D eigenvalue weighted by Crippen LogP contribution is -2.30. The number of aryl methyl sites for hydroxylation is 1. The molecule has 5 rings (SSSR count). The summed E-state index contributed by atoms with van der Waals surface area (Å²) in [6.45, 7) is 2.12. The number of amides is 1. The largest absolute Gasteiger partial charge is 0.435 e. The van der Waals surface area contributed by atoms with Gasteiger partial charge in [-0.1, -0.05) is 17.7 Å². The topological polar surface area (TPSA) is 75.7 Å². The van der Waals surface area contributed by atoms with E-state index in [1.54, 1.807) is 41.3 Å². The fourth-order valence-electron chi connectivity index (χ4n) is 4.53. The van der Waals surface area contributed by atoms with E-state index >= 15 is 0 Å². The van der Waals surface area contributed by atoms with Crippen molar-refractivity contribution in [3.8, 4) is 11.1 Å². The molecule has 1 aliphatic rings. The summed E-state index contributed by atoms with van der Waals surface area (Å²) < 4.78 is 58.7. The van der Waals surface area contributed by atoms with Crippen LogP contribution in [0.4, 0.5) is 17.6 Å². The average Bonchev–Trinajstić information content (AvgIpc) is 3.50. The van der Waals surface area contributed by atoms with Gasteiger partial charge in [0.25, 0.3) is 5.91 Å². The van der Waals surface area contributed by atoms with E-state index in [-0.39, 0.29) is 45.5 Å². The molecule has 0 radical (unpaired) electrons. The molecule has 0 saturated heterocycles. The van der Waals surface area contributed by atoms with E-state index in [4.69, 9.17) is 17.0 Å². The summed E-state index contributed by atoms with van der Waals surface area (Å²) in [5.41, 5.74) is 0.285. The molecular formula is C27H24ClF4N5OS. The Labute approximate surface area is 230 Å². The lowest BCUT2D eigenvalue weighted by atomic mass is 9.98. The third-order valence-electron chi connectivity index (χ3n) is 6.64. The van der Waals surface area contributed by atoms with Crippen LogP contribution in [-0.2, 0) is 19.3 Å². The summed E-state index contributed by atoms with van der Waals surface area (Å²) in [5, 5.41) is 16.5. The zero-order valence-electron chi connectivity index (χ0n) is 20.7. The molecule has 0 bridgehead atoms. The van der Waals surface area contributed by atoms with E-state index in [1.807, 2.05) is 0 Å². The van der Waals surface area contributed by atoms with Crippen molar-refractivity contribution in [3.05, 3.63) is 92.2 Å². The Bertz CT molecular complexity index is 1590. The number of carbonyl (C=O) groups is 1. The van der Waals surface area contributed by atoms with E-state index in [0.29, 0.717) is 11.1 Å². The van der Waals surface area contributed by atoms with Gasteiger partial charge in [0.15, 0.2) is 10.5 Å². The van der Waals surface area contributed by atoms with Crippen molar-refractivity contribution in [2.75, 3.05) is 0 Å². The van der Waals surface area contributed by atoms with Gasteiger partial charge in [-0.25, -0.2) is 4.39 Å². The zero-order chi connectivity index (χ0) is 27.9. The van der Waals surface area contributed by atoms with Crippen LogP contribution in [0.2, 0.25) is 5.02 Å². The number of nitrogens with one attached hydrogen (secondary N) is 2. The van der Waals surface area contributed by atoms with Gasteiger partial charge in [-0.3, -0.25) is 14.9 Å². The molecule has 2 N–H and O–H groups in total. The maximum Gasteiger partial charge on any atom is 0.435 e. The third kappa shape index (κ3) is 5.94. The minimum absolute atomic E-state index is 0.0234. The standard InChI is InChI=1S/C27H24ClF4N5OS/c1-2-37-14-20(24(35-37)27(30,31)32)18-9-15(13-36-7-8-39-26(36)33)10-19(11-18)25(38)34-23(16-3-4-16)17-5-6-21(28)22(29)12-17/h5-12,14,16,23,33H,2-4,13H2,1H3,(H,34,38)/t23-/m0/s1. The molecule has 4 aromatic rings. The molecule has 0 spiro atoms. The van der Waals surface area contributed by atoms with Crippen molar-refractivity contribution in [2.24, 2.45) is 5.92 Å². The smallest absolute Gasteiger partial charge is 0.345 e. The second kappa shape index (κ2) is 10.6. The first kappa shape index (κ1) is 27.1. The number of alkyl halides is 3. The number of hydrogen-bond acceptors (Lipinski definition) is 4. The van der Waals surface area contributed by atoms with Crippen molar-refractivity contribution < 1.29 is 22.4 Å². The molecule has 2 heterocycles. The predicted molar refractivity (Wildman–Crippen MR) is 140 cm³/mol. The number of aromatic nitrogens is 3. The lowest BCUT2D eigenvalue weighted by molar-refractivity contribution is -0.141. The number of carbonyl (C=O) groups excluding carboxylic acids is 1. The molecule has 39 heavy (non-hydrogen) atoms. The molecule has 204 valence electrons. The van der Waals surface area contributed by atoms with Crippen LogP contribution in [-0.4, -0.2) is 20.3 Å². The quantitative estimate of drug-likeness (QED) is 0.230. The van der Waals surface area contributed by atoms with Crippen LogP contribution in [0, 0.1) is 17.1 Å². The first-order valence-electron chi connectivity index (χ1n) is 12.3. The predicted octanol–water partition coefficient (Wildman–Crippen LogP) is 6.65. The van der Waals surface area contributed by atoms with Crippen LogP contribution in [0.15, 0.2) is 54.2 Å². The molecule has 1 atom stereocenters. The highest BCUT2D eigenvalue weighted by Crippen LogP contribution is 2.42. The minimum Gasteiger partial charge on any atom is -0.345 e. The van der Waals surface area contributed by atoms with Crippen molar-refractivity contribution in [2.45, 2.75) is 45.1 Å². The summed E-state index contributed by atoms with van der Waals surface area (Å²) >= 11 is 7.05. The van der Waals surface area contributed by atoms with Crippen LogP contribution >= 0.6 is 22.9 Å². The fraction of sp³-hybridized carbons (Fsp3) is 0.296. The van der Waals surface area contributed by atoms with Gasteiger partial charge < -0.3 is 9.88 Å². The second-order valence-electron chi connectivity index (χ2n) is 9.46. The lowest BCUT2D eigenvalue weighted by Gasteiger charge is -2.20. The summed E-state index contributed by atoms with van der Waals surface area (Å²) in [7, 11) is 0. The van der Waals surface area contributed by atoms with Gasteiger partial charge in [-0.05, 0) is 72.7 Å². The number of hydrogen-bond donors (Lipinski definition) is 2. The molecular weight excluding hydrogens is 554 g/mol. The Morgan fingerprint density at radius 3 is 2.64 bits per heavy atom. The fourth-order valence-corrected chi connectivity index (χ4v) is 5.25. The first-order valence-corrected chi connectivity index (χ1v) is 13.5. The zero-order valence-corrected chi connectivity index (χ0v) is 22.3. The maximum absolute atomic E-state index is 14.2. The molecule has 0 aliphatic heterocycles. The highest BCUT2D eigenvalue weighted by atomic mass is 35.5. The third-order valence-corrected chi connectivity index (χ3v) is 7.66. The Balaban J connectivity index is 1.56. The molecule has 12 heteroatoms. The number of benzene rings is 2. The van der Waals surface area contributed by atoms with Crippen LogP contribution in [0.3, 0.4) is 0 Å². The maximum atomic E-state index is 14.2. The highest BCUT2D eigenvalue weighted by molar-refractivity contribution is 7.06. The molecule has 2 aromatic carbocycles. The van der Waals surface area contributed by atoms with Gasteiger partial charge >= 0.3 is 6.18 Å². The molecule has 2 aromatic heterocycles. The molecule has 1 fully saturated rings. The molecule has 0 unspecified atom stereocenters. The summed E-state index contributed by atoms with van der Waals surface area (Å²) in [6, 6.07) is 8.52. The number of thiazole rings is 1. The highest BCUT2D eigenvalue weighted by Gasteiger charge is 2.38. The van der Waals surface area contributed by atoms with Crippen molar-refractivity contribution in [1.82, 2.24) is 19.7 Å². The monoisotopic (exact) mass is 577 g/mol. The molecule has 1 amide bonds. The Morgan fingerprint density at radius 1 is 1.26 bits per heavy atom. The van der Waals surface area contributed by atoms with Crippen LogP contribution in [0.1, 0.15) is 53.0 Å². The molecule has 1 aliphatic carbocycles. The van der Waals surface area contributed by atoms with Crippen LogP contribution < -0.4 is 10.1 Å². The van der Waals surface area contributed by atoms with E-state index in [2.05, 4.69) is 10.4 Å². The van der Waals surface area contributed by atoms with Crippen molar-refractivity contribution in [1.29, 1.82) is 5.41 Å². The normalized spacial score (nSPS) is 14.4. The molecule has 1 saturated carbocycles. The van der Waals surface area contributed by atoms with Gasteiger partial charge in [0.05, 0.1) is 11.1 Å². The van der Waals surface area contributed by atoms with Crippen molar-refractivity contribution in [3.63, 3.8) is 0 Å². The minimum atomic E-state index is -4.69. The summed E-state index contributed by atoms with van der Waals surface area (Å²) in [6.07, 6.45) is 0.0361. The van der Waals surface area contributed by atoms with Gasteiger partial charge in [-0.2, -0.15) is 18.3 Å². The van der Waals surface area contributed by atoms with Gasteiger partial charge in [-0.15, -0.1) is 11.3 Å². The van der Waals surface area contributed by atoms with E-state index in [0.717, 1.165) is 12.8 Å². The van der Waals surface area contributed by atoms with Gasteiger partial charge in [0, 0.05) is 42.0 Å². The number of halogens is 5. The first-order chi connectivity index (χ1) is 18.5. The summed E-state index contributed by atoms with van der Waals surface area (Å²) in [5.74, 6) is -0.975. The van der Waals surface area contributed by atoms with Gasteiger partial charge in [0.2, 0.25) is 0 Å². The Hall–Kier alpha value is -3.44. The van der Waals surface area contributed by atoms with Gasteiger partial charge in [0.1, 0.15) is 5.82 Å².